The van der Waals surface area contributed by atoms with Crippen molar-refractivity contribution in [3.63, 3.8) is 0 Å². The van der Waals surface area contributed by atoms with Crippen LogP contribution in [0.3, 0.4) is 0 Å². The quantitative estimate of drug-likeness (QED) is 0.800. The lowest BCUT2D eigenvalue weighted by Gasteiger charge is -2.22. The molecule has 2 aromatic rings. The summed E-state index contributed by atoms with van der Waals surface area (Å²) in [5.74, 6) is 0.124. The summed E-state index contributed by atoms with van der Waals surface area (Å²) in [4.78, 5) is 1.71. The molecule has 5 nitrogen and oxygen atoms in total. The van der Waals surface area contributed by atoms with Gasteiger partial charge in [0.2, 0.25) is 0 Å². The van der Waals surface area contributed by atoms with Gasteiger partial charge in [-0.15, -0.1) is 0 Å². The van der Waals surface area contributed by atoms with E-state index in [-0.39, 0.29) is 18.0 Å². The van der Waals surface area contributed by atoms with E-state index in [1.54, 1.807) is 36.2 Å². The maximum atomic E-state index is 12.5. The van der Waals surface area contributed by atoms with Crippen LogP contribution in [0.4, 0.5) is 14.5 Å². The van der Waals surface area contributed by atoms with Gasteiger partial charge in [-0.25, -0.2) is 0 Å². The van der Waals surface area contributed by atoms with Crippen molar-refractivity contribution < 1.29 is 18.3 Å². The van der Waals surface area contributed by atoms with Crippen molar-refractivity contribution in [3.05, 3.63) is 53.1 Å². The highest BCUT2D eigenvalue weighted by Crippen LogP contribution is 2.31. The average Bonchev–Trinajstić information content (AvgIpc) is 2.60. The number of halogens is 2. The normalized spacial score (nSPS) is 10.0. The van der Waals surface area contributed by atoms with Crippen LogP contribution < -0.4 is 14.4 Å². The lowest BCUT2D eigenvalue weighted by atomic mass is 10.1. The van der Waals surface area contributed by atoms with Crippen LogP contribution >= 0.6 is 0 Å². The Hall–Kier alpha value is -3.32. The molecule has 0 aliphatic heterocycles. The molecule has 7 heteroatoms. The van der Waals surface area contributed by atoms with Gasteiger partial charge in [-0.05, 0) is 29.8 Å². The second kappa shape index (κ2) is 7.98. The van der Waals surface area contributed by atoms with Crippen LogP contribution in [0.25, 0.3) is 0 Å². The Balaban J connectivity index is 2.35. The minimum atomic E-state index is -2.97. The number of methoxy groups -OCH3 is 1. The summed E-state index contributed by atoms with van der Waals surface area (Å²) in [5.41, 5.74) is 1.87. The van der Waals surface area contributed by atoms with Crippen LogP contribution in [-0.2, 0) is 6.54 Å². The lowest BCUT2D eigenvalue weighted by Crippen LogP contribution is -2.19. The van der Waals surface area contributed by atoms with Crippen molar-refractivity contribution in [2.75, 3.05) is 19.1 Å². The summed E-state index contributed by atoms with van der Waals surface area (Å²) >= 11 is 0. The van der Waals surface area contributed by atoms with Crippen LogP contribution in [-0.4, -0.2) is 20.8 Å². The zero-order valence-corrected chi connectivity index (χ0v) is 13.7. The van der Waals surface area contributed by atoms with E-state index >= 15 is 0 Å². The molecule has 0 saturated carbocycles. The summed E-state index contributed by atoms with van der Waals surface area (Å²) < 4.78 is 34.5. The van der Waals surface area contributed by atoms with E-state index < -0.39 is 6.61 Å². The molecule has 0 bridgehead atoms. The fourth-order valence-corrected chi connectivity index (χ4v) is 2.50. The fourth-order valence-electron chi connectivity index (χ4n) is 2.50. The van der Waals surface area contributed by atoms with E-state index in [2.05, 4.69) is 16.9 Å². The molecule has 0 unspecified atom stereocenters. The van der Waals surface area contributed by atoms with Gasteiger partial charge >= 0.3 is 6.61 Å². The smallest absolute Gasteiger partial charge is 0.387 e. The molecule has 25 heavy (non-hydrogen) atoms. The minimum Gasteiger partial charge on any atom is -0.493 e. The van der Waals surface area contributed by atoms with E-state index in [0.717, 1.165) is 0 Å². The van der Waals surface area contributed by atoms with Gasteiger partial charge in [-0.3, -0.25) is 0 Å². The Morgan fingerprint density at radius 1 is 1.08 bits per heavy atom. The van der Waals surface area contributed by atoms with Crippen molar-refractivity contribution in [1.82, 2.24) is 0 Å². The highest BCUT2D eigenvalue weighted by molar-refractivity contribution is 5.68. The predicted molar refractivity (Wildman–Crippen MR) is 87.6 cm³/mol. The Kier molecular flexibility index (Phi) is 5.75. The Morgan fingerprint density at radius 2 is 1.72 bits per heavy atom. The highest BCUT2D eigenvalue weighted by atomic mass is 19.3. The second-order valence-electron chi connectivity index (χ2n) is 5.15. The molecule has 0 spiro atoms. The number of benzene rings is 2. The molecule has 0 aliphatic carbocycles. The van der Waals surface area contributed by atoms with Gasteiger partial charge < -0.3 is 14.4 Å². The first-order chi connectivity index (χ1) is 12.0. The molecule has 2 rings (SSSR count). The van der Waals surface area contributed by atoms with Crippen LogP contribution in [0.5, 0.6) is 11.5 Å². The first-order valence-electron chi connectivity index (χ1n) is 7.26. The molecule has 0 heterocycles. The highest BCUT2D eigenvalue weighted by Gasteiger charge is 2.15. The number of hydrogen-bond acceptors (Lipinski definition) is 5. The molecule has 0 saturated heterocycles. The number of ether oxygens (including phenoxy) is 2. The number of nitrogens with zero attached hydrogens (tertiary/aromatic N) is 3. The Bertz CT molecular complexity index is 809. The zero-order valence-electron chi connectivity index (χ0n) is 13.7. The third-order valence-electron chi connectivity index (χ3n) is 3.52. The molecule has 0 fully saturated rings. The molecule has 2 aromatic carbocycles. The molecular weight excluding hydrogens is 328 g/mol. The topological polar surface area (TPSA) is 69.3 Å². The van der Waals surface area contributed by atoms with Gasteiger partial charge in [-0.2, -0.15) is 19.3 Å². The molecule has 0 aromatic heterocycles. The standard InChI is InChI=1S/C18H15F2N3O2/c1-23(17-13(9-21)4-3-5-14(17)10-22)11-12-6-7-15(24-2)16(8-12)25-18(19)20/h3-8,18H,11H2,1-2H3. The molecular formula is C18H15F2N3O2. The van der Waals surface area contributed by atoms with Gasteiger partial charge in [0.1, 0.15) is 12.1 Å². The summed E-state index contributed by atoms with van der Waals surface area (Å²) in [6, 6.07) is 13.7. The maximum absolute atomic E-state index is 12.5. The molecule has 0 amide bonds. The van der Waals surface area contributed by atoms with Gasteiger partial charge in [0, 0.05) is 13.6 Å². The van der Waals surface area contributed by atoms with Crippen LogP contribution in [0.15, 0.2) is 36.4 Å². The SMILES string of the molecule is COc1ccc(CN(C)c2c(C#N)cccc2C#N)cc1OC(F)F. The molecule has 0 aliphatic rings. The van der Waals surface area contributed by atoms with Crippen LogP contribution in [0.1, 0.15) is 16.7 Å². The zero-order chi connectivity index (χ0) is 18.4. The number of nitriles is 2. The van der Waals surface area contributed by atoms with E-state index in [1.807, 2.05) is 0 Å². The lowest BCUT2D eigenvalue weighted by molar-refractivity contribution is -0.0512. The van der Waals surface area contributed by atoms with Crippen molar-refractivity contribution in [1.29, 1.82) is 10.5 Å². The van der Waals surface area contributed by atoms with Crippen LogP contribution in [0, 0.1) is 22.7 Å². The first kappa shape index (κ1) is 18.0. The summed E-state index contributed by atoms with van der Waals surface area (Å²) in [6.45, 7) is -2.68. The fraction of sp³-hybridized carbons (Fsp3) is 0.222. The molecule has 0 atom stereocenters. The number of hydrogen-bond donors (Lipinski definition) is 0. The van der Waals surface area contributed by atoms with Crippen molar-refractivity contribution in [2.45, 2.75) is 13.2 Å². The number of rotatable bonds is 6. The maximum Gasteiger partial charge on any atom is 0.387 e. The molecule has 0 radical (unpaired) electrons. The number of para-hydroxylation sites is 1. The van der Waals surface area contributed by atoms with Gasteiger partial charge in [0.25, 0.3) is 0 Å². The minimum absolute atomic E-state index is 0.0718. The Morgan fingerprint density at radius 3 is 2.24 bits per heavy atom. The largest absolute Gasteiger partial charge is 0.493 e. The summed E-state index contributed by atoms with van der Waals surface area (Å²) in [6.07, 6.45) is 0. The summed E-state index contributed by atoms with van der Waals surface area (Å²) in [7, 11) is 3.08. The van der Waals surface area contributed by atoms with E-state index in [9.17, 15) is 19.3 Å². The predicted octanol–water partition coefficient (Wildman–Crippen LogP) is 3.68. The molecule has 128 valence electrons. The monoisotopic (exact) mass is 343 g/mol. The van der Waals surface area contributed by atoms with E-state index in [1.165, 1.54) is 19.2 Å². The van der Waals surface area contributed by atoms with E-state index in [4.69, 9.17) is 4.74 Å². The van der Waals surface area contributed by atoms with Gasteiger partial charge in [0.15, 0.2) is 11.5 Å². The first-order valence-corrected chi connectivity index (χ1v) is 7.26. The van der Waals surface area contributed by atoms with Crippen molar-refractivity contribution >= 4 is 5.69 Å². The third kappa shape index (κ3) is 4.15. The van der Waals surface area contributed by atoms with Gasteiger partial charge in [0.05, 0.1) is 23.9 Å². The average molecular weight is 343 g/mol. The molecule has 0 N–H and O–H groups in total. The third-order valence-corrected chi connectivity index (χ3v) is 3.52. The second-order valence-corrected chi connectivity index (χ2v) is 5.15. The summed E-state index contributed by atoms with van der Waals surface area (Å²) in [5, 5.41) is 18.5. The van der Waals surface area contributed by atoms with Gasteiger partial charge in [-0.1, -0.05) is 12.1 Å². The van der Waals surface area contributed by atoms with Crippen molar-refractivity contribution in [2.24, 2.45) is 0 Å². The Labute approximate surface area is 144 Å². The van der Waals surface area contributed by atoms with Crippen molar-refractivity contribution in [3.8, 4) is 23.6 Å². The number of anilines is 1. The van der Waals surface area contributed by atoms with E-state index in [0.29, 0.717) is 22.4 Å². The number of alkyl halides is 2. The van der Waals surface area contributed by atoms with Crippen LogP contribution in [0.2, 0.25) is 0 Å².